The minimum absolute atomic E-state index is 0.0140. The quantitative estimate of drug-likeness (QED) is 0.178. The van der Waals surface area contributed by atoms with Gasteiger partial charge >= 0.3 is 0 Å². The minimum Gasteiger partial charge on any atom is -0.274 e. The Balaban J connectivity index is 1.49. The summed E-state index contributed by atoms with van der Waals surface area (Å²) >= 11 is 13.1. The largest absolute Gasteiger partial charge is 0.274 e. The van der Waals surface area contributed by atoms with E-state index in [4.69, 9.17) is 28.2 Å². The van der Waals surface area contributed by atoms with Crippen molar-refractivity contribution >= 4 is 58.2 Å². The Labute approximate surface area is 299 Å². The summed E-state index contributed by atoms with van der Waals surface area (Å²) in [5.74, 6) is -4.74. The maximum Gasteiger partial charge on any atom is 0.249 e. The van der Waals surface area contributed by atoms with Crippen LogP contribution >= 0.6 is 23.2 Å². The molecule has 5 aromatic rings. The second kappa shape index (κ2) is 11.5. The molecule has 0 unspecified atom stereocenters. The van der Waals surface area contributed by atoms with Gasteiger partial charge in [-0.2, -0.15) is 0 Å². The predicted octanol–water partition coefficient (Wildman–Crippen LogP) is 7.47. The van der Waals surface area contributed by atoms with Gasteiger partial charge in [-0.1, -0.05) is 82.9 Å². The van der Waals surface area contributed by atoms with Gasteiger partial charge in [0.15, 0.2) is 0 Å². The molecule has 3 aliphatic rings. The summed E-state index contributed by atoms with van der Waals surface area (Å²) in [7, 11) is 0. The fourth-order valence-electron chi connectivity index (χ4n) is 8.45. The molecule has 7 nitrogen and oxygen atoms in total. The standard InChI is InChI=1S/C41H31Cl2N3O4/c1-23-7-16-30(17-8-23)45-36(47)34-35-37(48)46(31-18-9-24(2)10-19-31)39(50)41(35,26-11-13-27(42)14-12-26)33-21-28(43)15-20-32(33)40(34,38(45)49)22-29-6-4-5-25(3)44-29/h4-21,34-35H,22H2,1-3H3/t34-,35-,40-,41-/m1/s1. The Hall–Kier alpha value is -5.11. The zero-order valence-electron chi connectivity index (χ0n) is 27.5. The normalized spacial score (nSPS) is 24.0. The molecular weight excluding hydrogens is 669 g/mol. The van der Waals surface area contributed by atoms with E-state index < -0.39 is 46.3 Å². The molecular formula is C41H31Cl2N3O4. The number of pyridine rings is 1. The van der Waals surface area contributed by atoms with Gasteiger partial charge in [0, 0.05) is 27.9 Å². The van der Waals surface area contributed by atoms with Gasteiger partial charge in [-0.25, -0.2) is 9.80 Å². The van der Waals surface area contributed by atoms with E-state index in [2.05, 4.69) is 0 Å². The van der Waals surface area contributed by atoms with E-state index in [0.29, 0.717) is 43.8 Å². The van der Waals surface area contributed by atoms with Gasteiger partial charge in [-0.3, -0.25) is 24.2 Å². The van der Waals surface area contributed by atoms with Gasteiger partial charge in [-0.05, 0) is 98.1 Å². The van der Waals surface area contributed by atoms with Crippen LogP contribution in [0.25, 0.3) is 0 Å². The second-order valence-corrected chi connectivity index (χ2v) is 14.4. The molecule has 248 valence electrons. The number of fused-ring (bicyclic) bond motifs is 6. The van der Waals surface area contributed by atoms with E-state index in [0.717, 1.165) is 16.8 Å². The predicted molar refractivity (Wildman–Crippen MR) is 192 cm³/mol. The first-order chi connectivity index (χ1) is 24.0. The van der Waals surface area contributed by atoms with Crippen molar-refractivity contribution in [1.29, 1.82) is 0 Å². The Morgan fingerprint density at radius 1 is 0.620 bits per heavy atom. The summed E-state index contributed by atoms with van der Waals surface area (Å²) < 4.78 is 0. The van der Waals surface area contributed by atoms with E-state index in [9.17, 15) is 0 Å². The Morgan fingerprint density at radius 3 is 1.78 bits per heavy atom. The number of aryl methyl sites for hydroxylation is 3. The SMILES string of the molecule is Cc1ccc(N2C(=O)[C@H]3[C@@H]4C(=O)N(c5ccc(C)cc5)C(=O)[C@]4(Cc4cccc(C)n4)c4ccc(Cl)cc4[C@@]3(c3ccc(Cl)cc3)C2=O)cc1. The molecule has 8 rings (SSSR count). The van der Waals surface area contributed by atoms with Crippen molar-refractivity contribution in [2.24, 2.45) is 11.8 Å². The van der Waals surface area contributed by atoms with Gasteiger partial charge < -0.3 is 0 Å². The monoisotopic (exact) mass is 699 g/mol. The molecule has 0 radical (unpaired) electrons. The highest BCUT2D eigenvalue weighted by Crippen LogP contribution is 2.64. The van der Waals surface area contributed by atoms with E-state index in [1.165, 1.54) is 9.80 Å². The minimum atomic E-state index is -1.72. The van der Waals surface area contributed by atoms with Crippen LogP contribution in [0, 0.1) is 32.6 Å². The number of carbonyl (C=O) groups is 4. The van der Waals surface area contributed by atoms with Crippen molar-refractivity contribution in [3.05, 3.63) is 158 Å². The zero-order valence-corrected chi connectivity index (χ0v) is 29.0. The summed E-state index contributed by atoms with van der Waals surface area (Å²) in [4.78, 5) is 68.4. The zero-order chi connectivity index (χ0) is 35.1. The molecule has 0 spiro atoms. The van der Waals surface area contributed by atoms with Crippen LogP contribution in [0.3, 0.4) is 0 Å². The number of benzene rings is 4. The van der Waals surface area contributed by atoms with Crippen molar-refractivity contribution in [3.8, 4) is 0 Å². The molecule has 1 aliphatic carbocycles. The summed E-state index contributed by atoms with van der Waals surface area (Å²) in [5, 5.41) is 0.757. The van der Waals surface area contributed by atoms with Gasteiger partial charge in [-0.15, -0.1) is 0 Å². The molecule has 0 N–H and O–H groups in total. The first kappa shape index (κ1) is 32.1. The molecule has 50 heavy (non-hydrogen) atoms. The molecule has 4 amide bonds. The summed E-state index contributed by atoms with van der Waals surface area (Å²) in [6.07, 6.45) is 0.0140. The summed E-state index contributed by atoms with van der Waals surface area (Å²) in [5.41, 5.74) is 1.98. The van der Waals surface area contributed by atoms with E-state index >= 15 is 19.2 Å². The van der Waals surface area contributed by atoms with Crippen LogP contribution in [0.5, 0.6) is 0 Å². The highest BCUT2D eigenvalue weighted by atomic mass is 35.5. The number of aromatic nitrogens is 1. The number of hydrogen-bond acceptors (Lipinski definition) is 5. The lowest BCUT2D eigenvalue weighted by Crippen LogP contribution is -2.58. The number of rotatable bonds is 5. The summed E-state index contributed by atoms with van der Waals surface area (Å²) in [6, 6.07) is 31.6. The number of carbonyl (C=O) groups excluding carboxylic acids is 4. The molecule has 2 aliphatic heterocycles. The average molecular weight is 701 g/mol. The van der Waals surface area contributed by atoms with Crippen molar-refractivity contribution in [3.63, 3.8) is 0 Å². The van der Waals surface area contributed by atoms with Crippen molar-refractivity contribution in [2.75, 3.05) is 9.80 Å². The highest BCUT2D eigenvalue weighted by Gasteiger charge is 2.77. The van der Waals surface area contributed by atoms with Crippen LogP contribution in [-0.2, 0) is 36.4 Å². The molecule has 2 saturated heterocycles. The molecule has 1 aromatic heterocycles. The van der Waals surface area contributed by atoms with Gasteiger partial charge in [0.2, 0.25) is 23.6 Å². The molecule has 0 bridgehead atoms. The van der Waals surface area contributed by atoms with Crippen molar-refractivity contribution < 1.29 is 19.2 Å². The number of anilines is 2. The molecule has 2 fully saturated rings. The van der Waals surface area contributed by atoms with E-state index in [1.54, 1.807) is 66.7 Å². The average Bonchev–Trinajstić information content (AvgIpc) is 3.45. The third-order valence-electron chi connectivity index (χ3n) is 10.6. The topological polar surface area (TPSA) is 87.7 Å². The maximum absolute atomic E-state index is 15.4. The fourth-order valence-corrected chi connectivity index (χ4v) is 8.74. The number of imide groups is 2. The second-order valence-electron chi connectivity index (χ2n) is 13.5. The number of halogens is 2. The smallest absolute Gasteiger partial charge is 0.249 e. The van der Waals surface area contributed by atoms with Crippen LogP contribution in [0.15, 0.2) is 109 Å². The number of hydrogen-bond donors (Lipinski definition) is 0. The Kier molecular flexibility index (Phi) is 7.37. The Bertz CT molecular complexity index is 2250. The summed E-state index contributed by atoms with van der Waals surface area (Å²) in [6.45, 7) is 5.70. The van der Waals surface area contributed by atoms with Crippen LogP contribution in [0.4, 0.5) is 11.4 Å². The van der Waals surface area contributed by atoms with Crippen LogP contribution in [0.2, 0.25) is 10.0 Å². The van der Waals surface area contributed by atoms with Gasteiger partial charge in [0.05, 0.1) is 28.6 Å². The number of nitrogens with zero attached hydrogens (tertiary/aromatic N) is 3. The first-order valence-corrected chi connectivity index (χ1v) is 17.1. The van der Waals surface area contributed by atoms with E-state index in [-0.39, 0.29) is 6.42 Å². The molecule has 0 saturated carbocycles. The molecule has 4 aromatic carbocycles. The van der Waals surface area contributed by atoms with Gasteiger partial charge in [0.1, 0.15) is 5.41 Å². The molecule has 9 heteroatoms. The van der Waals surface area contributed by atoms with Crippen LogP contribution < -0.4 is 9.80 Å². The highest BCUT2D eigenvalue weighted by molar-refractivity contribution is 6.34. The maximum atomic E-state index is 15.4. The first-order valence-electron chi connectivity index (χ1n) is 16.4. The van der Waals surface area contributed by atoms with E-state index in [1.807, 2.05) is 63.2 Å². The lowest BCUT2D eigenvalue weighted by Gasteiger charge is -2.48. The third kappa shape index (κ3) is 4.39. The van der Waals surface area contributed by atoms with Gasteiger partial charge in [0.25, 0.3) is 0 Å². The van der Waals surface area contributed by atoms with Crippen molar-refractivity contribution in [1.82, 2.24) is 4.98 Å². The lowest BCUT2D eigenvalue weighted by molar-refractivity contribution is -0.133. The van der Waals surface area contributed by atoms with Crippen molar-refractivity contribution in [2.45, 2.75) is 38.0 Å². The Morgan fingerprint density at radius 2 is 1.18 bits per heavy atom. The molecule has 3 heterocycles. The lowest BCUT2D eigenvalue weighted by atomic mass is 9.49. The van der Waals surface area contributed by atoms with Crippen LogP contribution in [-0.4, -0.2) is 28.6 Å². The third-order valence-corrected chi connectivity index (χ3v) is 11.1. The molecule has 4 atom stereocenters. The fraction of sp³-hybridized carbons (Fsp3) is 0.195. The number of amides is 4. The van der Waals surface area contributed by atoms with Crippen LogP contribution in [0.1, 0.15) is 39.2 Å².